The van der Waals surface area contributed by atoms with Crippen LogP contribution < -0.4 is 10.1 Å². The van der Waals surface area contributed by atoms with E-state index in [1.807, 2.05) is 17.0 Å². The van der Waals surface area contributed by atoms with Gasteiger partial charge in [-0.3, -0.25) is 9.59 Å². The number of carbonyl (C=O) groups excluding carboxylic acids is 2. The maximum atomic E-state index is 13.3. The van der Waals surface area contributed by atoms with Crippen molar-refractivity contribution in [1.29, 1.82) is 0 Å². The quantitative estimate of drug-likeness (QED) is 0.440. The molecule has 37 heavy (non-hydrogen) atoms. The van der Waals surface area contributed by atoms with Crippen LogP contribution in [0.3, 0.4) is 0 Å². The molecule has 6 nitrogen and oxygen atoms in total. The lowest BCUT2D eigenvalue weighted by Crippen LogP contribution is -2.54. The first-order valence-electron chi connectivity index (χ1n) is 13.5. The highest BCUT2D eigenvalue weighted by atomic mass is 19.1. The molecule has 3 atom stereocenters. The molecule has 2 amide bonds. The van der Waals surface area contributed by atoms with Crippen molar-refractivity contribution < 1.29 is 18.7 Å². The molecule has 1 unspecified atom stereocenters. The van der Waals surface area contributed by atoms with Gasteiger partial charge in [0.15, 0.2) is 0 Å². The molecule has 0 aromatic heterocycles. The lowest BCUT2D eigenvalue weighted by atomic mass is 9.94. The highest BCUT2D eigenvalue weighted by Crippen LogP contribution is 2.62. The Kier molecular flexibility index (Phi) is 8.85. The van der Waals surface area contributed by atoms with Gasteiger partial charge in [0.25, 0.3) is 5.91 Å². The predicted molar refractivity (Wildman–Crippen MR) is 143 cm³/mol. The fourth-order valence-corrected chi connectivity index (χ4v) is 5.44. The zero-order valence-corrected chi connectivity index (χ0v) is 22.3. The van der Waals surface area contributed by atoms with Crippen molar-refractivity contribution in [3.8, 4) is 5.75 Å². The van der Waals surface area contributed by atoms with Crippen molar-refractivity contribution in [2.45, 2.75) is 57.4 Å². The molecular formula is C30H40FN3O3. The van der Waals surface area contributed by atoms with Gasteiger partial charge in [0.1, 0.15) is 17.6 Å². The van der Waals surface area contributed by atoms with E-state index in [1.165, 1.54) is 36.2 Å². The molecule has 200 valence electrons. The van der Waals surface area contributed by atoms with Gasteiger partial charge in [0.2, 0.25) is 5.91 Å². The van der Waals surface area contributed by atoms with Crippen molar-refractivity contribution in [2.75, 3.05) is 40.3 Å². The number of nitrogens with zero attached hydrogens (tertiary/aromatic N) is 2. The minimum Gasteiger partial charge on any atom is -0.497 e. The first-order chi connectivity index (χ1) is 17.8. The minimum atomic E-state index is -0.565. The van der Waals surface area contributed by atoms with E-state index in [1.54, 1.807) is 7.11 Å². The second-order valence-electron chi connectivity index (χ2n) is 10.9. The second-order valence-corrected chi connectivity index (χ2v) is 10.9. The number of nitrogens with one attached hydrogen (secondary N) is 1. The van der Waals surface area contributed by atoms with Gasteiger partial charge in [-0.25, -0.2) is 4.39 Å². The number of hydrogen-bond acceptors (Lipinski definition) is 4. The molecule has 1 aliphatic heterocycles. The molecule has 1 saturated carbocycles. The molecule has 7 heteroatoms. The summed E-state index contributed by atoms with van der Waals surface area (Å²) in [6.45, 7) is 5.37. The van der Waals surface area contributed by atoms with Crippen molar-refractivity contribution >= 4 is 11.8 Å². The van der Waals surface area contributed by atoms with E-state index in [-0.39, 0.29) is 17.6 Å². The van der Waals surface area contributed by atoms with Crippen molar-refractivity contribution in [2.24, 2.45) is 5.41 Å². The summed E-state index contributed by atoms with van der Waals surface area (Å²) in [5.74, 6) is 0.746. The van der Waals surface area contributed by atoms with E-state index in [4.69, 9.17) is 4.74 Å². The number of piperazine rings is 1. The number of likely N-dealkylation sites (N-methyl/N-ethyl adjacent to an activating group) is 1. The summed E-state index contributed by atoms with van der Waals surface area (Å²) < 4.78 is 18.6. The topological polar surface area (TPSA) is 61.9 Å². The smallest absolute Gasteiger partial charge is 0.251 e. The van der Waals surface area contributed by atoms with Crippen LogP contribution in [0.1, 0.15) is 67.3 Å². The van der Waals surface area contributed by atoms with Crippen LogP contribution in [-0.2, 0) is 4.79 Å². The molecule has 1 aliphatic carbocycles. The van der Waals surface area contributed by atoms with Crippen LogP contribution in [-0.4, -0.2) is 68.0 Å². The normalized spacial score (nSPS) is 22.4. The summed E-state index contributed by atoms with van der Waals surface area (Å²) in [6, 6.07) is 13.3. The lowest BCUT2D eigenvalue weighted by Gasteiger charge is -2.34. The Balaban J connectivity index is 1.28. The average Bonchev–Trinajstić information content (AvgIpc) is 3.59. The van der Waals surface area contributed by atoms with Crippen LogP contribution in [0.4, 0.5) is 4.39 Å². The third kappa shape index (κ3) is 7.10. The minimum absolute atomic E-state index is 0.0164. The van der Waals surface area contributed by atoms with Gasteiger partial charge in [-0.2, -0.15) is 0 Å². The lowest BCUT2D eigenvalue weighted by molar-refractivity contribution is -0.135. The molecule has 0 bridgehead atoms. The Morgan fingerprint density at radius 3 is 2.35 bits per heavy atom. The third-order valence-electron chi connectivity index (χ3n) is 8.14. The Morgan fingerprint density at radius 2 is 1.70 bits per heavy atom. The summed E-state index contributed by atoms with van der Waals surface area (Å²) in [5.41, 5.74) is 2.08. The van der Waals surface area contributed by atoms with Crippen LogP contribution >= 0.6 is 0 Å². The first kappa shape index (κ1) is 27.1. The van der Waals surface area contributed by atoms with E-state index in [0.717, 1.165) is 44.5 Å². The molecule has 0 radical (unpaired) electrons. The largest absolute Gasteiger partial charge is 0.497 e. The average molecular weight is 510 g/mol. The standard InChI is InChI=1S/C30H40FN3O3/c1-30(21-26(30)22-10-14-25(37-3)15-11-22)16-6-4-5-7-27(29(36)34-19-17-33(2)18-20-34)32-28(35)23-8-12-24(31)13-9-23/h8-15,26-27H,4-7,16-21H2,1-3H3,(H,32,35)/t26-,27-,30?/m0/s1. The number of methoxy groups -OCH3 is 1. The van der Waals surface area contributed by atoms with Gasteiger partial charge in [-0.15, -0.1) is 0 Å². The fraction of sp³-hybridized carbons (Fsp3) is 0.533. The summed E-state index contributed by atoms with van der Waals surface area (Å²) in [5, 5.41) is 2.94. The predicted octanol–water partition coefficient (Wildman–Crippen LogP) is 4.85. The zero-order chi connectivity index (χ0) is 26.4. The SMILES string of the molecule is COc1ccc([C@@H]2CC2(C)CCCCC[C@H](NC(=O)c2ccc(F)cc2)C(=O)N2CCN(C)CC2)cc1. The van der Waals surface area contributed by atoms with Gasteiger partial charge < -0.3 is 19.9 Å². The molecule has 2 aromatic carbocycles. The number of ether oxygens (including phenoxy) is 1. The molecule has 1 heterocycles. The third-order valence-corrected chi connectivity index (χ3v) is 8.14. The summed E-state index contributed by atoms with van der Waals surface area (Å²) in [4.78, 5) is 30.2. The van der Waals surface area contributed by atoms with Gasteiger partial charge >= 0.3 is 0 Å². The fourth-order valence-electron chi connectivity index (χ4n) is 5.44. The highest BCUT2D eigenvalue weighted by molar-refractivity contribution is 5.97. The molecule has 4 rings (SSSR count). The number of rotatable bonds is 11. The summed E-state index contributed by atoms with van der Waals surface area (Å²) in [7, 11) is 3.74. The van der Waals surface area contributed by atoms with Crippen molar-refractivity contribution in [3.63, 3.8) is 0 Å². The molecule has 2 aliphatic rings. The van der Waals surface area contributed by atoms with E-state index in [2.05, 4.69) is 36.3 Å². The van der Waals surface area contributed by atoms with Gasteiger partial charge in [0, 0.05) is 31.7 Å². The second kappa shape index (κ2) is 12.1. The Labute approximate surface area is 220 Å². The van der Waals surface area contributed by atoms with E-state index < -0.39 is 6.04 Å². The van der Waals surface area contributed by atoms with Crippen LogP contribution in [0.2, 0.25) is 0 Å². The Hall–Kier alpha value is -2.93. The molecule has 2 aromatic rings. The van der Waals surface area contributed by atoms with Crippen molar-refractivity contribution in [3.05, 3.63) is 65.5 Å². The van der Waals surface area contributed by atoms with E-state index >= 15 is 0 Å². The molecule has 1 N–H and O–H groups in total. The highest BCUT2D eigenvalue weighted by Gasteiger charge is 2.49. The summed E-state index contributed by atoms with van der Waals surface area (Å²) in [6.07, 6.45) is 5.96. The van der Waals surface area contributed by atoms with Crippen LogP contribution in [0.15, 0.2) is 48.5 Å². The monoisotopic (exact) mass is 509 g/mol. The zero-order valence-electron chi connectivity index (χ0n) is 22.3. The van der Waals surface area contributed by atoms with Crippen LogP contribution in [0.25, 0.3) is 0 Å². The number of hydrogen-bond donors (Lipinski definition) is 1. The number of unbranched alkanes of at least 4 members (excludes halogenated alkanes) is 2. The molecular weight excluding hydrogens is 469 g/mol. The number of amides is 2. The maximum Gasteiger partial charge on any atom is 0.251 e. The number of benzene rings is 2. The van der Waals surface area contributed by atoms with E-state index in [0.29, 0.717) is 36.4 Å². The van der Waals surface area contributed by atoms with Crippen LogP contribution in [0.5, 0.6) is 5.75 Å². The first-order valence-corrected chi connectivity index (χ1v) is 13.5. The van der Waals surface area contributed by atoms with Crippen LogP contribution in [0, 0.1) is 11.2 Å². The Bertz CT molecular complexity index is 1050. The molecule has 0 spiro atoms. The number of carbonyl (C=O) groups is 2. The van der Waals surface area contributed by atoms with Gasteiger partial charge in [-0.05, 0) is 79.6 Å². The molecule has 1 saturated heterocycles. The van der Waals surface area contributed by atoms with Gasteiger partial charge in [0.05, 0.1) is 7.11 Å². The maximum absolute atomic E-state index is 13.3. The molecule has 2 fully saturated rings. The van der Waals surface area contributed by atoms with E-state index in [9.17, 15) is 14.0 Å². The van der Waals surface area contributed by atoms with Crippen molar-refractivity contribution in [1.82, 2.24) is 15.1 Å². The summed E-state index contributed by atoms with van der Waals surface area (Å²) >= 11 is 0. The van der Waals surface area contributed by atoms with Gasteiger partial charge in [-0.1, -0.05) is 38.3 Å². The number of halogens is 1. The Morgan fingerprint density at radius 1 is 1.03 bits per heavy atom.